The molecule has 0 unspecified atom stereocenters. The Bertz CT molecular complexity index is 1130. The van der Waals surface area contributed by atoms with E-state index in [-0.39, 0.29) is 17.9 Å². The SMILES string of the molecule is Nc1nc(-c2c(Cl)cc(Cl)c3c2CCO3)c2cc(C(=O)NC3COC3)sc2n1. The van der Waals surface area contributed by atoms with Crippen LogP contribution in [0.4, 0.5) is 5.95 Å². The van der Waals surface area contributed by atoms with E-state index >= 15 is 0 Å². The predicted octanol–water partition coefficient (Wildman–Crippen LogP) is 3.31. The van der Waals surface area contributed by atoms with Crippen LogP contribution in [0.15, 0.2) is 12.1 Å². The fourth-order valence-corrected chi connectivity index (χ4v) is 4.96. The number of halogens is 2. The molecule has 1 aromatic carbocycles. The zero-order valence-corrected chi connectivity index (χ0v) is 16.7. The molecule has 4 heterocycles. The third-order valence-electron chi connectivity index (χ3n) is 4.73. The number of nitrogens with two attached hydrogens (primary N) is 1. The highest BCUT2D eigenvalue weighted by atomic mass is 35.5. The smallest absolute Gasteiger partial charge is 0.261 e. The normalized spacial score (nSPS) is 15.9. The van der Waals surface area contributed by atoms with Gasteiger partial charge in [-0.1, -0.05) is 23.2 Å². The first kappa shape index (κ1) is 17.9. The summed E-state index contributed by atoms with van der Waals surface area (Å²) in [5, 5.41) is 4.57. The molecule has 2 aliphatic heterocycles. The number of carbonyl (C=O) groups is 1. The second-order valence-corrected chi connectivity index (χ2v) is 8.43. The van der Waals surface area contributed by atoms with Gasteiger partial charge >= 0.3 is 0 Å². The van der Waals surface area contributed by atoms with Gasteiger partial charge in [-0.2, -0.15) is 0 Å². The average Bonchev–Trinajstić information content (AvgIpc) is 3.24. The van der Waals surface area contributed by atoms with Crippen LogP contribution in [0, 0.1) is 0 Å². The van der Waals surface area contributed by atoms with Gasteiger partial charge in [0, 0.05) is 22.9 Å². The largest absolute Gasteiger partial charge is 0.491 e. The van der Waals surface area contributed by atoms with Gasteiger partial charge in [0.05, 0.1) is 46.5 Å². The van der Waals surface area contributed by atoms with Crippen LogP contribution < -0.4 is 15.8 Å². The van der Waals surface area contributed by atoms with E-state index in [9.17, 15) is 4.79 Å². The number of fused-ring (bicyclic) bond motifs is 2. The molecule has 5 rings (SSSR count). The topological polar surface area (TPSA) is 99.4 Å². The molecule has 0 radical (unpaired) electrons. The van der Waals surface area contributed by atoms with Crippen LogP contribution in [-0.2, 0) is 11.2 Å². The first-order valence-corrected chi connectivity index (χ1v) is 10.2. The molecule has 1 fully saturated rings. The third-order valence-corrected chi connectivity index (χ3v) is 6.33. The summed E-state index contributed by atoms with van der Waals surface area (Å²) in [6.45, 7) is 1.58. The van der Waals surface area contributed by atoms with Gasteiger partial charge in [-0.3, -0.25) is 4.79 Å². The van der Waals surface area contributed by atoms with Crippen LogP contribution in [0.3, 0.4) is 0 Å². The number of hydrogen-bond acceptors (Lipinski definition) is 7. The quantitative estimate of drug-likeness (QED) is 0.653. The van der Waals surface area contributed by atoms with Gasteiger partial charge in [-0.15, -0.1) is 11.3 Å². The van der Waals surface area contributed by atoms with E-state index in [0.717, 1.165) is 11.1 Å². The van der Waals surface area contributed by atoms with Gasteiger partial charge in [0.1, 0.15) is 10.6 Å². The lowest BCUT2D eigenvalue weighted by Gasteiger charge is -2.26. The van der Waals surface area contributed by atoms with Crippen molar-refractivity contribution in [3.8, 4) is 17.0 Å². The summed E-state index contributed by atoms with van der Waals surface area (Å²) in [5.74, 6) is 0.559. The number of benzene rings is 1. The first-order valence-electron chi connectivity index (χ1n) is 8.61. The fourth-order valence-electron chi connectivity index (χ4n) is 3.37. The van der Waals surface area contributed by atoms with Crippen molar-refractivity contribution in [2.75, 3.05) is 25.6 Å². The molecule has 0 saturated carbocycles. The number of nitrogens with zero attached hydrogens (tertiary/aromatic N) is 2. The molecule has 0 aliphatic carbocycles. The number of anilines is 1. The Morgan fingerprint density at radius 1 is 1.25 bits per heavy atom. The second kappa shape index (κ2) is 6.73. The second-order valence-electron chi connectivity index (χ2n) is 6.59. The Hall–Kier alpha value is -2.13. The van der Waals surface area contributed by atoms with E-state index in [1.165, 1.54) is 11.3 Å². The van der Waals surface area contributed by atoms with Gasteiger partial charge < -0.3 is 20.5 Å². The van der Waals surface area contributed by atoms with Crippen LogP contribution in [0.25, 0.3) is 21.5 Å². The first-order chi connectivity index (χ1) is 13.5. The maximum Gasteiger partial charge on any atom is 0.261 e. The molecule has 0 spiro atoms. The van der Waals surface area contributed by atoms with Crippen LogP contribution in [-0.4, -0.2) is 41.7 Å². The number of rotatable bonds is 3. The minimum atomic E-state index is -0.170. The van der Waals surface area contributed by atoms with E-state index < -0.39 is 0 Å². The predicted molar refractivity (Wildman–Crippen MR) is 109 cm³/mol. The standard InChI is InChI=1S/C18H14Cl2N4O3S/c19-10-4-11(20)15-8(1-2-27-15)13(10)14-9-3-12(16(25)22-7-5-26-6-7)28-17(9)24-18(21)23-14/h3-4,7H,1-2,5-6H2,(H,22,25)(H2,21,23,24). The number of nitrogens with one attached hydrogen (secondary N) is 1. The Morgan fingerprint density at radius 3 is 2.82 bits per heavy atom. The Labute approximate surface area is 173 Å². The monoisotopic (exact) mass is 436 g/mol. The zero-order valence-electron chi connectivity index (χ0n) is 14.4. The molecule has 3 N–H and O–H groups in total. The van der Waals surface area contributed by atoms with E-state index in [2.05, 4.69) is 15.3 Å². The molecule has 144 valence electrons. The van der Waals surface area contributed by atoms with Gasteiger partial charge in [0.25, 0.3) is 5.91 Å². The van der Waals surface area contributed by atoms with E-state index in [1.54, 1.807) is 12.1 Å². The van der Waals surface area contributed by atoms with Crippen molar-refractivity contribution in [3.63, 3.8) is 0 Å². The van der Waals surface area contributed by atoms with Gasteiger partial charge in [0.2, 0.25) is 5.95 Å². The molecule has 10 heteroatoms. The number of thiophene rings is 1. The van der Waals surface area contributed by atoms with Crippen molar-refractivity contribution >= 4 is 56.6 Å². The van der Waals surface area contributed by atoms with Crippen LogP contribution in [0.1, 0.15) is 15.2 Å². The summed E-state index contributed by atoms with van der Waals surface area (Å²) in [4.78, 5) is 22.4. The minimum absolute atomic E-state index is 0.0412. The third kappa shape index (κ3) is 2.88. The molecule has 7 nitrogen and oxygen atoms in total. The molecule has 2 aliphatic rings. The lowest BCUT2D eigenvalue weighted by Crippen LogP contribution is -2.48. The summed E-state index contributed by atoms with van der Waals surface area (Å²) in [6.07, 6.45) is 0.662. The molecule has 28 heavy (non-hydrogen) atoms. The highest BCUT2D eigenvalue weighted by Gasteiger charge is 2.27. The summed E-state index contributed by atoms with van der Waals surface area (Å²) in [6, 6.07) is 3.46. The molecule has 0 atom stereocenters. The molecule has 3 aromatic rings. The summed E-state index contributed by atoms with van der Waals surface area (Å²) >= 11 is 14.1. The van der Waals surface area contributed by atoms with Crippen LogP contribution in [0.5, 0.6) is 5.75 Å². The Morgan fingerprint density at radius 2 is 2.07 bits per heavy atom. The lowest BCUT2D eigenvalue weighted by molar-refractivity contribution is -0.00338. The maximum atomic E-state index is 12.5. The number of ether oxygens (including phenoxy) is 2. The fraction of sp³-hybridized carbons (Fsp3) is 0.278. The molecule has 1 amide bonds. The van der Waals surface area contributed by atoms with Crippen molar-refractivity contribution in [2.45, 2.75) is 12.5 Å². The van der Waals surface area contributed by atoms with E-state index in [4.69, 9.17) is 38.4 Å². The number of aromatic nitrogens is 2. The molecule has 1 saturated heterocycles. The minimum Gasteiger partial charge on any atom is -0.491 e. The lowest BCUT2D eigenvalue weighted by atomic mass is 10.00. The highest BCUT2D eigenvalue weighted by molar-refractivity contribution is 7.20. The van der Waals surface area contributed by atoms with Crippen molar-refractivity contribution in [3.05, 3.63) is 32.6 Å². The zero-order chi connectivity index (χ0) is 19.4. The number of nitrogen functional groups attached to an aromatic ring is 1. The number of amides is 1. The Balaban J connectivity index is 1.66. The Kier molecular flexibility index (Phi) is 4.31. The molecule has 2 aromatic heterocycles. The van der Waals surface area contributed by atoms with Gasteiger partial charge in [-0.05, 0) is 12.1 Å². The van der Waals surface area contributed by atoms with Crippen molar-refractivity contribution in [1.82, 2.24) is 15.3 Å². The summed E-state index contributed by atoms with van der Waals surface area (Å²) < 4.78 is 10.8. The van der Waals surface area contributed by atoms with E-state index in [1.807, 2.05) is 0 Å². The molecule has 0 bridgehead atoms. The molecular weight excluding hydrogens is 423 g/mol. The molecular formula is C18H14Cl2N4O3S. The number of hydrogen-bond donors (Lipinski definition) is 2. The van der Waals surface area contributed by atoms with Crippen molar-refractivity contribution in [1.29, 1.82) is 0 Å². The van der Waals surface area contributed by atoms with Crippen molar-refractivity contribution in [2.24, 2.45) is 0 Å². The summed E-state index contributed by atoms with van der Waals surface area (Å²) in [5.41, 5.74) is 8.13. The summed E-state index contributed by atoms with van der Waals surface area (Å²) in [7, 11) is 0. The van der Waals surface area contributed by atoms with Crippen LogP contribution >= 0.6 is 34.5 Å². The highest BCUT2D eigenvalue weighted by Crippen LogP contribution is 2.46. The van der Waals surface area contributed by atoms with Gasteiger partial charge in [0.15, 0.2) is 0 Å². The van der Waals surface area contributed by atoms with Crippen molar-refractivity contribution < 1.29 is 14.3 Å². The maximum absolute atomic E-state index is 12.5. The average molecular weight is 437 g/mol. The van der Waals surface area contributed by atoms with E-state index in [0.29, 0.717) is 62.8 Å². The van der Waals surface area contributed by atoms with Gasteiger partial charge in [-0.25, -0.2) is 9.97 Å². The number of carbonyl (C=O) groups excluding carboxylic acids is 1. The van der Waals surface area contributed by atoms with Crippen LogP contribution in [0.2, 0.25) is 10.0 Å².